The number of hydrogen-bond acceptors (Lipinski definition) is 7. The van der Waals surface area contributed by atoms with Gasteiger partial charge in [0.25, 0.3) is 5.91 Å². The van der Waals surface area contributed by atoms with E-state index in [9.17, 15) is 13.2 Å². The molecule has 2 aromatic rings. The maximum Gasteiger partial charge on any atom is 0.253 e. The predicted molar refractivity (Wildman–Crippen MR) is 127 cm³/mol. The summed E-state index contributed by atoms with van der Waals surface area (Å²) in [5, 5.41) is 3.30. The number of nitrogens with zero attached hydrogens (tertiary/aromatic N) is 5. The van der Waals surface area contributed by atoms with Gasteiger partial charge in [-0.25, -0.2) is 13.4 Å². The SMILES string of the molecule is CC1(C)C2CN(c3nccc(Nc4ccc(C(=O)N5CCN(S(C)(=O)=O)CC5)cc4)n3)CC21. The van der Waals surface area contributed by atoms with E-state index in [0.717, 1.165) is 42.4 Å². The number of hydrogen-bond donors (Lipinski definition) is 1. The molecule has 2 saturated heterocycles. The molecule has 3 heterocycles. The molecule has 2 unspecified atom stereocenters. The molecule has 1 N–H and O–H groups in total. The first-order valence-corrected chi connectivity index (χ1v) is 13.2. The van der Waals surface area contributed by atoms with E-state index in [-0.39, 0.29) is 5.91 Å². The highest BCUT2D eigenvalue weighted by Gasteiger charge is 2.62. The minimum Gasteiger partial charge on any atom is -0.340 e. The number of amides is 1. The Balaban J connectivity index is 1.19. The first-order valence-electron chi connectivity index (χ1n) is 11.3. The number of piperidine rings is 1. The summed E-state index contributed by atoms with van der Waals surface area (Å²) in [6.45, 7) is 8.14. The second-order valence-electron chi connectivity index (χ2n) is 9.84. The number of sulfonamides is 1. The van der Waals surface area contributed by atoms with Crippen LogP contribution in [0.5, 0.6) is 0 Å². The molecule has 1 amide bonds. The summed E-state index contributed by atoms with van der Waals surface area (Å²) >= 11 is 0. The van der Waals surface area contributed by atoms with Crippen molar-refractivity contribution in [2.45, 2.75) is 13.8 Å². The van der Waals surface area contributed by atoms with E-state index in [2.05, 4.69) is 34.0 Å². The Labute approximate surface area is 194 Å². The van der Waals surface area contributed by atoms with Crippen LogP contribution in [0.3, 0.4) is 0 Å². The van der Waals surface area contributed by atoms with Crippen molar-refractivity contribution in [3.8, 4) is 0 Å². The standard InChI is InChI=1S/C23H30N6O3S/c1-23(2)18-14-28(15-19(18)23)22-24-9-8-20(26-22)25-17-6-4-16(5-7-17)21(30)27-10-12-29(13-11-27)33(3,31)32/h4-9,18-19H,10-15H2,1-3H3,(H,24,25,26). The Morgan fingerprint density at radius 2 is 1.67 bits per heavy atom. The van der Waals surface area contributed by atoms with Gasteiger partial charge in [-0.2, -0.15) is 9.29 Å². The van der Waals surface area contributed by atoms with Crippen LogP contribution in [0.1, 0.15) is 24.2 Å². The van der Waals surface area contributed by atoms with Gasteiger partial charge in [0, 0.05) is 56.7 Å². The number of anilines is 3. The Hall–Kier alpha value is -2.72. The third-order valence-electron chi connectivity index (χ3n) is 7.45. The van der Waals surface area contributed by atoms with Crippen LogP contribution in [0.15, 0.2) is 36.5 Å². The Morgan fingerprint density at radius 3 is 2.27 bits per heavy atom. The molecule has 176 valence electrons. The van der Waals surface area contributed by atoms with Crippen LogP contribution in [0.2, 0.25) is 0 Å². The molecule has 2 aliphatic heterocycles. The van der Waals surface area contributed by atoms with Crippen LogP contribution in [0.25, 0.3) is 0 Å². The monoisotopic (exact) mass is 470 g/mol. The highest BCUT2D eigenvalue weighted by atomic mass is 32.2. The highest BCUT2D eigenvalue weighted by Crippen LogP contribution is 2.62. The average molecular weight is 471 g/mol. The van der Waals surface area contributed by atoms with Crippen molar-refractivity contribution in [2.75, 3.05) is 55.7 Å². The van der Waals surface area contributed by atoms with Gasteiger partial charge in [0.2, 0.25) is 16.0 Å². The zero-order chi connectivity index (χ0) is 23.4. The molecule has 0 radical (unpaired) electrons. The summed E-state index contributed by atoms with van der Waals surface area (Å²) in [6.07, 6.45) is 2.97. The van der Waals surface area contributed by atoms with E-state index in [1.807, 2.05) is 18.2 Å². The van der Waals surface area contributed by atoms with Crippen molar-refractivity contribution in [1.29, 1.82) is 0 Å². The molecule has 1 saturated carbocycles. The predicted octanol–water partition coefficient (Wildman–Crippen LogP) is 2.03. The number of fused-ring (bicyclic) bond motifs is 1. The third kappa shape index (κ3) is 4.29. The lowest BCUT2D eigenvalue weighted by Gasteiger charge is -2.33. The topological polar surface area (TPSA) is 98.7 Å². The lowest BCUT2D eigenvalue weighted by Crippen LogP contribution is -2.50. The summed E-state index contributed by atoms with van der Waals surface area (Å²) in [4.78, 5) is 25.9. The van der Waals surface area contributed by atoms with Gasteiger partial charge in [-0.1, -0.05) is 13.8 Å². The highest BCUT2D eigenvalue weighted by molar-refractivity contribution is 7.88. The second kappa shape index (κ2) is 7.95. The van der Waals surface area contributed by atoms with Gasteiger partial charge in [-0.05, 0) is 47.6 Å². The van der Waals surface area contributed by atoms with Crippen molar-refractivity contribution >= 4 is 33.4 Å². The fourth-order valence-electron chi connectivity index (χ4n) is 5.12. The Morgan fingerprint density at radius 1 is 1.03 bits per heavy atom. The van der Waals surface area contributed by atoms with Gasteiger partial charge in [-0.15, -0.1) is 0 Å². The summed E-state index contributed by atoms with van der Waals surface area (Å²) in [7, 11) is -3.22. The van der Waals surface area contributed by atoms with E-state index in [1.165, 1.54) is 10.6 Å². The average Bonchev–Trinajstić information content (AvgIpc) is 3.13. The van der Waals surface area contributed by atoms with Gasteiger partial charge in [-0.3, -0.25) is 4.79 Å². The van der Waals surface area contributed by atoms with E-state index in [0.29, 0.717) is 37.2 Å². The molecule has 3 fully saturated rings. The minimum atomic E-state index is -3.22. The quantitative estimate of drug-likeness (QED) is 0.714. The summed E-state index contributed by atoms with van der Waals surface area (Å²) < 4.78 is 24.7. The zero-order valence-corrected chi connectivity index (χ0v) is 20.0. The lowest BCUT2D eigenvalue weighted by atomic mass is 10.1. The third-order valence-corrected chi connectivity index (χ3v) is 8.75. The number of piperazine rings is 1. The van der Waals surface area contributed by atoms with Crippen LogP contribution < -0.4 is 10.2 Å². The largest absolute Gasteiger partial charge is 0.340 e. The number of carbonyl (C=O) groups excluding carboxylic acids is 1. The van der Waals surface area contributed by atoms with E-state index < -0.39 is 10.0 Å². The van der Waals surface area contributed by atoms with Crippen LogP contribution in [-0.2, 0) is 10.0 Å². The maximum atomic E-state index is 12.8. The number of nitrogens with one attached hydrogen (secondary N) is 1. The first-order chi connectivity index (χ1) is 15.6. The molecule has 1 aromatic heterocycles. The molecule has 0 spiro atoms. The van der Waals surface area contributed by atoms with Gasteiger partial charge in [0.1, 0.15) is 5.82 Å². The lowest BCUT2D eigenvalue weighted by molar-refractivity contribution is 0.0698. The first kappa shape index (κ1) is 22.1. The van der Waals surface area contributed by atoms with Crippen LogP contribution in [-0.4, -0.2) is 79.0 Å². The normalized spacial score (nSPS) is 24.5. The zero-order valence-electron chi connectivity index (χ0n) is 19.2. The van der Waals surface area contributed by atoms with E-state index >= 15 is 0 Å². The fourth-order valence-corrected chi connectivity index (χ4v) is 5.94. The smallest absolute Gasteiger partial charge is 0.253 e. The van der Waals surface area contributed by atoms with Gasteiger partial charge >= 0.3 is 0 Å². The van der Waals surface area contributed by atoms with Crippen molar-refractivity contribution in [3.05, 3.63) is 42.1 Å². The number of rotatable bonds is 5. The van der Waals surface area contributed by atoms with E-state index in [1.54, 1.807) is 23.2 Å². The van der Waals surface area contributed by atoms with E-state index in [4.69, 9.17) is 0 Å². The van der Waals surface area contributed by atoms with Gasteiger partial charge < -0.3 is 15.1 Å². The summed E-state index contributed by atoms with van der Waals surface area (Å²) in [6, 6.07) is 9.12. The van der Waals surface area contributed by atoms with Gasteiger partial charge in [0.05, 0.1) is 6.26 Å². The molecular weight excluding hydrogens is 440 g/mol. The molecule has 0 bridgehead atoms. The number of carbonyl (C=O) groups is 1. The molecule has 1 aliphatic carbocycles. The van der Waals surface area contributed by atoms with Crippen molar-refractivity contribution in [1.82, 2.24) is 19.2 Å². The minimum absolute atomic E-state index is 0.0884. The molecule has 10 heteroatoms. The number of aromatic nitrogens is 2. The molecule has 5 rings (SSSR count). The van der Waals surface area contributed by atoms with Crippen LogP contribution in [0.4, 0.5) is 17.5 Å². The summed E-state index contributed by atoms with van der Waals surface area (Å²) in [5.41, 5.74) is 1.87. The van der Waals surface area contributed by atoms with Crippen LogP contribution in [0, 0.1) is 17.3 Å². The van der Waals surface area contributed by atoms with Gasteiger partial charge in [0.15, 0.2) is 0 Å². The Bertz CT molecular complexity index is 1140. The second-order valence-corrected chi connectivity index (χ2v) is 11.8. The van der Waals surface area contributed by atoms with Crippen molar-refractivity contribution in [2.24, 2.45) is 17.3 Å². The molecule has 33 heavy (non-hydrogen) atoms. The molecule has 2 atom stereocenters. The molecule has 9 nitrogen and oxygen atoms in total. The summed E-state index contributed by atoms with van der Waals surface area (Å²) in [5.74, 6) is 2.85. The maximum absolute atomic E-state index is 12.8. The Kier molecular flexibility index (Phi) is 5.32. The van der Waals surface area contributed by atoms with Crippen molar-refractivity contribution in [3.63, 3.8) is 0 Å². The number of benzene rings is 1. The fraction of sp³-hybridized carbons (Fsp3) is 0.522. The molecular formula is C23H30N6O3S. The van der Waals surface area contributed by atoms with Crippen molar-refractivity contribution < 1.29 is 13.2 Å². The molecule has 1 aromatic carbocycles. The van der Waals surface area contributed by atoms with Crippen LogP contribution >= 0.6 is 0 Å². The molecule has 3 aliphatic rings.